The zero-order valence-corrected chi connectivity index (χ0v) is 18.4. The van der Waals surface area contributed by atoms with Gasteiger partial charge < -0.3 is 14.9 Å². The van der Waals surface area contributed by atoms with Crippen LogP contribution in [-0.4, -0.2) is 46.1 Å². The molecule has 4 aliphatic carbocycles. The molecule has 0 radical (unpaired) electrons. The number of hydrogen-bond acceptors (Lipinski definition) is 6. The first-order valence-corrected chi connectivity index (χ1v) is 11.3. The molecule has 3 saturated carbocycles. The van der Waals surface area contributed by atoms with Crippen molar-refractivity contribution in [2.45, 2.75) is 77.9 Å². The minimum absolute atomic E-state index is 0.0294. The van der Waals surface area contributed by atoms with Crippen LogP contribution in [0.4, 0.5) is 0 Å². The fraction of sp³-hybridized carbons (Fsp3) is 0.792. The molecule has 166 valence electrons. The first-order valence-electron chi connectivity index (χ1n) is 11.3. The number of hydrogen-bond donors (Lipinski definition) is 2. The first kappa shape index (κ1) is 21.7. The molecule has 0 aliphatic heterocycles. The van der Waals surface area contributed by atoms with Crippen LogP contribution in [-0.2, 0) is 19.1 Å². The van der Waals surface area contributed by atoms with Crippen LogP contribution in [0, 0.1) is 34.5 Å². The van der Waals surface area contributed by atoms with Crippen LogP contribution in [0.25, 0.3) is 0 Å². The molecule has 0 spiro atoms. The van der Waals surface area contributed by atoms with E-state index in [9.17, 15) is 24.6 Å². The summed E-state index contributed by atoms with van der Waals surface area (Å²) >= 11 is 0. The molecule has 4 rings (SSSR count). The van der Waals surface area contributed by atoms with Gasteiger partial charge in [0, 0.05) is 18.8 Å². The third kappa shape index (κ3) is 2.79. The van der Waals surface area contributed by atoms with Crippen LogP contribution >= 0.6 is 0 Å². The summed E-state index contributed by atoms with van der Waals surface area (Å²) in [6.45, 7) is 6.83. The van der Waals surface area contributed by atoms with E-state index in [4.69, 9.17) is 4.74 Å². The number of ether oxygens (including phenoxy) is 1. The van der Waals surface area contributed by atoms with Crippen LogP contribution in [0.15, 0.2) is 11.6 Å². The summed E-state index contributed by atoms with van der Waals surface area (Å²) in [5.41, 5.74) is -1.44. The van der Waals surface area contributed by atoms with Gasteiger partial charge in [-0.25, -0.2) is 0 Å². The summed E-state index contributed by atoms with van der Waals surface area (Å²) in [6.07, 6.45) is 5.15. The highest BCUT2D eigenvalue weighted by Gasteiger charge is 2.70. The van der Waals surface area contributed by atoms with E-state index in [1.165, 1.54) is 6.92 Å². The summed E-state index contributed by atoms with van der Waals surface area (Å²) in [4.78, 5) is 36.3. The summed E-state index contributed by atoms with van der Waals surface area (Å²) in [7, 11) is 0. The fourth-order valence-electron chi connectivity index (χ4n) is 7.89. The number of aliphatic hydroxyl groups excluding tert-OH is 1. The van der Waals surface area contributed by atoms with E-state index in [1.54, 1.807) is 6.08 Å². The van der Waals surface area contributed by atoms with E-state index in [0.717, 1.165) is 24.8 Å². The van der Waals surface area contributed by atoms with E-state index >= 15 is 0 Å². The summed E-state index contributed by atoms with van der Waals surface area (Å²) in [6, 6.07) is 0. The smallest absolute Gasteiger partial charge is 0.303 e. The molecule has 0 unspecified atom stereocenters. The Hall–Kier alpha value is -1.53. The van der Waals surface area contributed by atoms with E-state index < -0.39 is 35.5 Å². The largest absolute Gasteiger partial charge is 0.458 e. The maximum atomic E-state index is 13.1. The molecule has 3 fully saturated rings. The quantitative estimate of drug-likeness (QED) is 0.683. The topological polar surface area (TPSA) is 101 Å². The minimum Gasteiger partial charge on any atom is -0.458 e. The van der Waals surface area contributed by atoms with Gasteiger partial charge in [0.25, 0.3) is 0 Å². The number of ketones is 2. The van der Waals surface area contributed by atoms with Gasteiger partial charge in [0.05, 0.1) is 6.10 Å². The number of fused-ring (bicyclic) bond motifs is 5. The Balaban J connectivity index is 1.69. The van der Waals surface area contributed by atoms with Gasteiger partial charge in [0.1, 0.15) is 5.60 Å². The van der Waals surface area contributed by atoms with Crippen molar-refractivity contribution in [3.63, 3.8) is 0 Å². The first-order chi connectivity index (χ1) is 13.9. The van der Waals surface area contributed by atoms with Crippen molar-refractivity contribution in [2.75, 3.05) is 6.61 Å². The highest BCUT2D eigenvalue weighted by atomic mass is 16.5. The SMILES string of the molecule is CC(=O)OCC(=O)[C@@]1(O)[C@@H](C)C[C@@H]2[C@@H]3CCC4=CC(=O)CC[C@]4(C)[C@@H]3[C@@H](O)C[C@@]21C. The number of carbonyl (C=O) groups is 3. The molecule has 0 aromatic rings. The van der Waals surface area contributed by atoms with Gasteiger partial charge >= 0.3 is 5.97 Å². The van der Waals surface area contributed by atoms with Gasteiger partial charge in [-0.05, 0) is 67.3 Å². The van der Waals surface area contributed by atoms with Crippen LogP contribution in [0.5, 0.6) is 0 Å². The minimum atomic E-state index is -1.63. The summed E-state index contributed by atoms with van der Waals surface area (Å²) in [5.74, 6) is -0.798. The fourth-order valence-corrected chi connectivity index (χ4v) is 7.89. The van der Waals surface area contributed by atoms with Gasteiger partial charge in [-0.15, -0.1) is 0 Å². The number of Topliss-reactive ketones (excluding diaryl/α,β-unsaturated/α-hetero) is 1. The Bertz CT molecular complexity index is 817. The molecule has 8 atom stereocenters. The molecule has 30 heavy (non-hydrogen) atoms. The van der Waals surface area contributed by atoms with Crippen molar-refractivity contribution >= 4 is 17.5 Å². The molecule has 4 aliphatic rings. The Labute approximate surface area is 178 Å². The van der Waals surface area contributed by atoms with Crippen LogP contribution < -0.4 is 0 Å². The second-order valence-corrected chi connectivity index (χ2v) is 10.7. The molecule has 0 amide bonds. The Morgan fingerprint density at radius 2 is 1.97 bits per heavy atom. The third-order valence-electron chi connectivity index (χ3n) is 9.31. The maximum absolute atomic E-state index is 13.1. The number of rotatable bonds is 3. The number of aliphatic hydroxyl groups is 2. The molecule has 6 heteroatoms. The number of esters is 1. The van der Waals surface area contributed by atoms with E-state index in [1.807, 2.05) is 13.8 Å². The highest BCUT2D eigenvalue weighted by molar-refractivity contribution is 5.92. The molecule has 0 heterocycles. The number of allylic oxidation sites excluding steroid dienone is 1. The van der Waals surface area contributed by atoms with Crippen molar-refractivity contribution in [3.8, 4) is 0 Å². The molecular weight excluding hydrogens is 384 g/mol. The average Bonchev–Trinajstić information content (AvgIpc) is 2.87. The zero-order chi connectivity index (χ0) is 22.1. The Morgan fingerprint density at radius 3 is 2.63 bits per heavy atom. The number of carbonyl (C=O) groups excluding carboxylic acids is 3. The molecule has 0 bridgehead atoms. The van der Waals surface area contributed by atoms with Crippen molar-refractivity contribution in [2.24, 2.45) is 34.5 Å². The molecule has 6 nitrogen and oxygen atoms in total. The van der Waals surface area contributed by atoms with Gasteiger partial charge in [0.2, 0.25) is 5.78 Å². The molecule has 0 aromatic carbocycles. The second-order valence-electron chi connectivity index (χ2n) is 10.7. The van der Waals surface area contributed by atoms with Crippen molar-refractivity contribution in [1.82, 2.24) is 0 Å². The lowest BCUT2D eigenvalue weighted by molar-refractivity contribution is -0.188. The van der Waals surface area contributed by atoms with Crippen molar-refractivity contribution in [3.05, 3.63) is 11.6 Å². The predicted octanol–water partition coefficient (Wildman–Crippen LogP) is 2.60. The lowest BCUT2D eigenvalue weighted by Gasteiger charge is -2.60. The predicted molar refractivity (Wildman–Crippen MR) is 109 cm³/mol. The standard InChI is InChI=1S/C24H34O6/c1-13-9-18-17-6-5-15-10-16(26)7-8-22(15,3)21(17)19(27)11-23(18,4)24(13,29)20(28)12-30-14(2)25/h10,13,17-19,21,27,29H,5-9,11-12H2,1-4H3/t13-,17-,18+,19-,21-,22-,23-,24-/m0/s1. The van der Waals surface area contributed by atoms with Gasteiger partial charge in [-0.3, -0.25) is 14.4 Å². The third-order valence-corrected chi connectivity index (χ3v) is 9.31. The van der Waals surface area contributed by atoms with Crippen LogP contribution in [0.2, 0.25) is 0 Å². The van der Waals surface area contributed by atoms with Crippen LogP contribution in [0.1, 0.15) is 66.2 Å². The lowest BCUT2D eigenvalue weighted by Crippen LogP contribution is -2.63. The summed E-state index contributed by atoms with van der Waals surface area (Å²) in [5, 5.41) is 23.1. The molecule has 0 aromatic heterocycles. The Morgan fingerprint density at radius 1 is 1.27 bits per heavy atom. The van der Waals surface area contributed by atoms with Gasteiger partial charge in [0.15, 0.2) is 12.4 Å². The van der Waals surface area contributed by atoms with E-state index in [0.29, 0.717) is 19.3 Å². The second kappa shape index (κ2) is 6.99. The lowest BCUT2D eigenvalue weighted by atomic mass is 9.45. The van der Waals surface area contributed by atoms with Crippen LogP contribution in [0.3, 0.4) is 0 Å². The average molecular weight is 419 g/mol. The molecular formula is C24H34O6. The molecule has 0 saturated heterocycles. The van der Waals surface area contributed by atoms with Gasteiger partial charge in [-0.2, -0.15) is 0 Å². The monoisotopic (exact) mass is 418 g/mol. The van der Waals surface area contributed by atoms with Crippen molar-refractivity contribution in [1.29, 1.82) is 0 Å². The van der Waals surface area contributed by atoms with Crippen molar-refractivity contribution < 1.29 is 29.3 Å². The summed E-state index contributed by atoms with van der Waals surface area (Å²) < 4.78 is 4.93. The highest BCUT2D eigenvalue weighted by Crippen LogP contribution is 2.68. The molecule has 2 N–H and O–H groups in total. The van der Waals surface area contributed by atoms with E-state index in [-0.39, 0.29) is 34.9 Å². The zero-order valence-electron chi connectivity index (χ0n) is 18.4. The Kier molecular flexibility index (Phi) is 5.06. The maximum Gasteiger partial charge on any atom is 0.303 e. The van der Waals surface area contributed by atoms with Gasteiger partial charge in [-0.1, -0.05) is 26.3 Å². The normalized spacial score (nSPS) is 47.6. The van der Waals surface area contributed by atoms with E-state index in [2.05, 4.69) is 6.92 Å².